The van der Waals surface area contributed by atoms with Crippen LogP contribution in [0.1, 0.15) is 6.92 Å². The average molecular weight is 321 g/mol. The smallest absolute Gasteiger partial charge is 0.243 e. The number of sulfonamides is 1. The number of rotatable bonds is 5. The summed E-state index contributed by atoms with van der Waals surface area (Å²) in [6, 6.07) is 3.64. The molecule has 1 aromatic rings. The van der Waals surface area contributed by atoms with Gasteiger partial charge in [0.05, 0.1) is 19.1 Å². The molecule has 1 rings (SSSR count). The molecule has 20 heavy (non-hydrogen) atoms. The van der Waals surface area contributed by atoms with E-state index >= 15 is 0 Å². The van der Waals surface area contributed by atoms with Crippen LogP contribution in [0.3, 0.4) is 0 Å². The molecule has 0 radical (unpaired) electrons. The summed E-state index contributed by atoms with van der Waals surface area (Å²) in [7, 11) is -0.834. The number of hydrogen-bond donors (Lipinski definition) is 1. The Morgan fingerprint density at radius 1 is 1.45 bits per heavy atom. The summed E-state index contributed by atoms with van der Waals surface area (Å²) in [6.07, 6.45) is 1.02. The number of anilines is 1. The van der Waals surface area contributed by atoms with Crippen molar-refractivity contribution >= 4 is 33.2 Å². The van der Waals surface area contributed by atoms with Crippen LogP contribution in [0.4, 0.5) is 5.69 Å². The Morgan fingerprint density at radius 2 is 2.05 bits per heavy atom. The van der Waals surface area contributed by atoms with Gasteiger partial charge >= 0.3 is 0 Å². The van der Waals surface area contributed by atoms with E-state index in [1.54, 1.807) is 12.1 Å². The highest BCUT2D eigenvalue weighted by Gasteiger charge is 2.30. The van der Waals surface area contributed by atoms with Gasteiger partial charge in [-0.3, -0.25) is 9.10 Å². The summed E-state index contributed by atoms with van der Waals surface area (Å²) in [6.45, 7) is 1.49. The third-order valence-electron chi connectivity index (χ3n) is 2.71. The van der Waals surface area contributed by atoms with Gasteiger partial charge in [0, 0.05) is 12.1 Å². The highest BCUT2D eigenvalue weighted by atomic mass is 35.5. The third kappa shape index (κ3) is 3.55. The molecule has 0 unspecified atom stereocenters. The molecular weight excluding hydrogens is 304 g/mol. The largest absolute Gasteiger partial charge is 0.495 e. The summed E-state index contributed by atoms with van der Waals surface area (Å²) >= 11 is 5.91. The zero-order chi connectivity index (χ0) is 15.5. The molecule has 0 aliphatic heterocycles. The zero-order valence-corrected chi connectivity index (χ0v) is 13.2. The van der Waals surface area contributed by atoms with Crippen LogP contribution >= 0.6 is 11.6 Å². The van der Waals surface area contributed by atoms with Crippen molar-refractivity contribution in [1.82, 2.24) is 5.32 Å². The van der Waals surface area contributed by atoms with Crippen LogP contribution in [0, 0.1) is 0 Å². The first kappa shape index (κ1) is 16.6. The van der Waals surface area contributed by atoms with Crippen molar-refractivity contribution in [2.24, 2.45) is 0 Å². The number of benzene rings is 1. The number of carbonyl (C=O) groups is 1. The van der Waals surface area contributed by atoms with E-state index in [9.17, 15) is 13.2 Å². The van der Waals surface area contributed by atoms with E-state index < -0.39 is 22.0 Å². The number of amides is 1. The van der Waals surface area contributed by atoms with Gasteiger partial charge < -0.3 is 10.1 Å². The standard InChI is InChI=1S/C12H17ClN2O4S/c1-8(12(16)14-2)15(20(4,17)18)10-7-9(13)5-6-11(10)19-3/h5-8H,1-4H3,(H,14,16)/t8-/m1/s1. The molecule has 0 aliphatic carbocycles. The Hall–Kier alpha value is -1.47. The number of nitrogens with zero attached hydrogens (tertiary/aromatic N) is 1. The van der Waals surface area contributed by atoms with Crippen LogP contribution in [-0.4, -0.2) is 40.8 Å². The van der Waals surface area contributed by atoms with Gasteiger partial charge in [0.25, 0.3) is 0 Å². The van der Waals surface area contributed by atoms with E-state index in [4.69, 9.17) is 16.3 Å². The molecular formula is C12H17ClN2O4S. The molecule has 0 spiro atoms. The van der Waals surface area contributed by atoms with Crippen molar-refractivity contribution in [1.29, 1.82) is 0 Å². The monoisotopic (exact) mass is 320 g/mol. The number of likely N-dealkylation sites (N-methyl/N-ethyl adjacent to an activating group) is 1. The van der Waals surface area contributed by atoms with Gasteiger partial charge in [-0.2, -0.15) is 0 Å². The minimum atomic E-state index is -3.69. The lowest BCUT2D eigenvalue weighted by Gasteiger charge is -2.29. The summed E-state index contributed by atoms with van der Waals surface area (Å²) in [5.41, 5.74) is 0.221. The SMILES string of the molecule is CNC(=O)[C@@H](C)N(c1cc(Cl)ccc1OC)S(C)(=O)=O. The molecule has 0 fully saturated rings. The van der Waals surface area contributed by atoms with Crippen LogP contribution in [0.15, 0.2) is 18.2 Å². The highest BCUT2D eigenvalue weighted by Crippen LogP contribution is 2.34. The van der Waals surface area contributed by atoms with E-state index in [2.05, 4.69) is 5.32 Å². The van der Waals surface area contributed by atoms with Crippen LogP contribution in [0.5, 0.6) is 5.75 Å². The molecule has 0 bridgehead atoms. The maximum absolute atomic E-state index is 12.0. The second-order valence-corrected chi connectivity index (χ2v) is 6.46. The molecule has 0 aromatic heterocycles. The van der Waals surface area contributed by atoms with Crippen molar-refractivity contribution in [3.8, 4) is 5.75 Å². The van der Waals surface area contributed by atoms with E-state index in [1.807, 2.05) is 0 Å². The Kier molecular flexibility index (Phi) is 5.24. The van der Waals surface area contributed by atoms with Gasteiger partial charge in [0.1, 0.15) is 11.8 Å². The lowest BCUT2D eigenvalue weighted by Crippen LogP contribution is -2.47. The van der Waals surface area contributed by atoms with Gasteiger partial charge in [-0.1, -0.05) is 11.6 Å². The first-order chi connectivity index (χ1) is 9.22. The number of hydrogen-bond acceptors (Lipinski definition) is 4. The zero-order valence-electron chi connectivity index (χ0n) is 11.7. The van der Waals surface area contributed by atoms with E-state index in [-0.39, 0.29) is 5.69 Å². The molecule has 6 nitrogen and oxygen atoms in total. The van der Waals surface area contributed by atoms with E-state index in [0.717, 1.165) is 10.6 Å². The Labute approximate surface area is 123 Å². The molecule has 1 amide bonds. The van der Waals surface area contributed by atoms with Crippen LogP contribution in [-0.2, 0) is 14.8 Å². The molecule has 0 saturated heterocycles. The summed E-state index contributed by atoms with van der Waals surface area (Å²) in [5.74, 6) is -0.118. The molecule has 1 N–H and O–H groups in total. The Balaban J connectivity index is 3.47. The molecule has 1 aromatic carbocycles. The molecule has 1 atom stereocenters. The second kappa shape index (κ2) is 6.32. The predicted molar refractivity (Wildman–Crippen MR) is 78.9 cm³/mol. The fraction of sp³-hybridized carbons (Fsp3) is 0.417. The van der Waals surface area contributed by atoms with Gasteiger partial charge in [0.2, 0.25) is 15.9 Å². The maximum Gasteiger partial charge on any atom is 0.243 e. The lowest BCUT2D eigenvalue weighted by atomic mass is 10.2. The molecule has 0 heterocycles. The van der Waals surface area contributed by atoms with E-state index in [1.165, 1.54) is 27.1 Å². The molecule has 112 valence electrons. The first-order valence-electron chi connectivity index (χ1n) is 5.77. The highest BCUT2D eigenvalue weighted by molar-refractivity contribution is 7.92. The average Bonchev–Trinajstić information content (AvgIpc) is 2.36. The number of ether oxygens (including phenoxy) is 1. The van der Waals surface area contributed by atoms with Crippen LogP contribution in [0.2, 0.25) is 5.02 Å². The van der Waals surface area contributed by atoms with Crippen molar-refractivity contribution < 1.29 is 17.9 Å². The van der Waals surface area contributed by atoms with Gasteiger partial charge in [-0.15, -0.1) is 0 Å². The van der Waals surface area contributed by atoms with E-state index in [0.29, 0.717) is 10.8 Å². The Morgan fingerprint density at radius 3 is 2.50 bits per heavy atom. The summed E-state index contributed by atoms with van der Waals surface area (Å²) < 4.78 is 30.2. The Bertz CT molecular complexity index is 603. The topological polar surface area (TPSA) is 75.7 Å². The minimum absolute atomic E-state index is 0.221. The molecule has 0 aliphatic rings. The number of halogens is 1. The first-order valence-corrected chi connectivity index (χ1v) is 7.99. The normalized spacial score (nSPS) is 12.7. The number of methoxy groups -OCH3 is 1. The van der Waals surface area contributed by atoms with Crippen molar-refractivity contribution in [3.63, 3.8) is 0 Å². The van der Waals surface area contributed by atoms with Gasteiger partial charge in [-0.05, 0) is 25.1 Å². The second-order valence-electron chi connectivity index (χ2n) is 4.17. The van der Waals surface area contributed by atoms with Gasteiger partial charge in [-0.25, -0.2) is 8.42 Å². The third-order valence-corrected chi connectivity index (χ3v) is 4.18. The molecule has 0 saturated carbocycles. The van der Waals surface area contributed by atoms with Crippen molar-refractivity contribution in [2.45, 2.75) is 13.0 Å². The number of carbonyl (C=O) groups excluding carboxylic acids is 1. The quantitative estimate of drug-likeness (QED) is 0.886. The minimum Gasteiger partial charge on any atom is -0.495 e. The lowest BCUT2D eigenvalue weighted by molar-refractivity contribution is -0.121. The van der Waals surface area contributed by atoms with Gasteiger partial charge in [0.15, 0.2) is 0 Å². The maximum atomic E-state index is 12.0. The fourth-order valence-corrected chi connectivity index (χ4v) is 3.16. The summed E-state index contributed by atoms with van der Waals surface area (Å²) in [5, 5.41) is 2.77. The number of nitrogens with one attached hydrogen (secondary N) is 1. The fourth-order valence-electron chi connectivity index (χ4n) is 1.83. The summed E-state index contributed by atoms with van der Waals surface area (Å²) in [4.78, 5) is 11.8. The van der Waals surface area contributed by atoms with Crippen LogP contribution < -0.4 is 14.4 Å². The van der Waals surface area contributed by atoms with Crippen molar-refractivity contribution in [2.75, 3.05) is 24.7 Å². The predicted octanol–water partition coefficient (Wildman–Crippen LogP) is 1.25. The molecule has 8 heteroatoms. The van der Waals surface area contributed by atoms with Crippen molar-refractivity contribution in [3.05, 3.63) is 23.2 Å². The van der Waals surface area contributed by atoms with Crippen LogP contribution in [0.25, 0.3) is 0 Å².